The fourth-order valence-corrected chi connectivity index (χ4v) is 7.06. The van der Waals surface area contributed by atoms with Gasteiger partial charge in [0.05, 0.1) is 0 Å². The van der Waals surface area contributed by atoms with Crippen LogP contribution in [0.15, 0.2) is 18.2 Å². The van der Waals surface area contributed by atoms with Gasteiger partial charge in [-0.1, -0.05) is 123 Å². The molecule has 0 N–H and O–H groups in total. The first-order valence-electron chi connectivity index (χ1n) is 14.5. The summed E-state index contributed by atoms with van der Waals surface area (Å²) in [6.07, 6.45) is 22.5. The van der Waals surface area contributed by atoms with Crippen molar-refractivity contribution in [2.24, 2.45) is 0 Å². The highest BCUT2D eigenvalue weighted by molar-refractivity contribution is 6.68. The van der Waals surface area contributed by atoms with Crippen molar-refractivity contribution in [3.8, 4) is 5.75 Å². The molecule has 1 aromatic carbocycles. The largest absolute Gasteiger partial charge is 0.520 e. The Balaban J connectivity index is 2.02. The van der Waals surface area contributed by atoms with E-state index in [0.717, 1.165) is 24.4 Å². The standard InChI is InChI=1S/C30H56O2Si/c1-6-9-10-11-12-13-14-15-16-17-18-19-20-21-22-23-24-31-33(7-2,8-3)32-30-26-28(4)25-29(5)27-30/h25-27H,6-24H2,1-5H3. The SMILES string of the molecule is CCCCCCCCCCCCCCCCCCO[Si](CC)(CC)Oc1cc(C)cc(C)c1. The summed E-state index contributed by atoms with van der Waals surface area (Å²) in [7, 11) is -2.14. The predicted molar refractivity (Wildman–Crippen MR) is 149 cm³/mol. The highest BCUT2D eigenvalue weighted by Crippen LogP contribution is 2.25. The van der Waals surface area contributed by atoms with E-state index in [2.05, 4.69) is 52.8 Å². The quantitative estimate of drug-likeness (QED) is 0.122. The molecule has 1 aromatic rings. The highest BCUT2D eigenvalue weighted by atomic mass is 28.4. The molecule has 0 spiro atoms. The predicted octanol–water partition coefficient (Wildman–Crippen LogP) is 10.4. The summed E-state index contributed by atoms with van der Waals surface area (Å²) in [5.41, 5.74) is 2.52. The third-order valence-electron chi connectivity index (χ3n) is 6.94. The van der Waals surface area contributed by atoms with Gasteiger partial charge in [0.15, 0.2) is 0 Å². The van der Waals surface area contributed by atoms with Gasteiger partial charge in [-0.3, -0.25) is 0 Å². The molecular weight excluding hydrogens is 420 g/mol. The molecule has 0 atom stereocenters. The molecular formula is C30H56O2Si. The molecule has 0 aliphatic carbocycles. The monoisotopic (exact) mass is 476 g/mol. The van der Waals surface area contributed by atoms with E-state index in [1.165, 1.54) is 114 Å². The Morgan fingerprint density at radius 1 is 0.545 bits per heavy atom. The fraction of sp³-hybridized carbons (Fsp3) is 0.800. The molecule has 0 amide bonds. The average molecular weight is 477 g/mol. The van der Waals surface area contributed by atoms with Crippen molar-refractivity contribution in [1.82, 2.24) is 0 Å². The molecule has 0 unspecified atom stereocenters. The van der Waals surface area contributed by atoms with Gasteiger partial charge in [-0.25, -0.2) is 0 Å². The van der Waals surface area contributed by atoms with E-state index in [9.17, 15) is 0 Å². The van der Waals surface area contributed by atoms with E-state index in [1.54, 1.807) is 0 Å². The molecule has 0 aliphatic heterocycles. The normalized spacial score (nSPS) is 11.8. The van der Waals surface area contributed by atoms with Crippen LogP contribution >= 0.6 is 0 Å². The van der Waals surface area contributed by atoms with Crippen LogP contribution in [0.25, 0.3) is 0 Å². The average Bonchev–Trinajstić information content (AvgIpc) is 2.79. The third kappa shape index (κ3) is 14.9. The van der Waals surface area contributed by atoms with E-state index in [1.807, 2.05) is 0 Å². The second kappa shape index (κ2) is 19.5. The van der Waals surface area contributed by atoms with Gasteiger partial charge in [-0.15, -0.1) is 0 Å². The van der Waals surface area contributed by atoms with E-state index < -0.39 is 8.56 Å². The van der Waals surface area contributed by atoms with Gasteiger partial charge in [0.1, 0.15) is 5.75 Å². The number of unbranched alkanes of at least 4 members (excludes halogenated alkanes) is 15. The lowest BCUT2D eigenvalue weighted by Crippen LogP contribution is -2.44. The van der Waals surface area contributed by atoms with Crippen LogP contribution < -0.4 is 4.43 Å². The Hall–Kier alpha value is -0.803. The molecule has 0 bridgehead atoms. The maximum Gasteiger partial charge on any atom is 0.398 e. The van der Waals surface area contributed by atoms with E-state index in [4.69, 9.17) is 8.85 Å². The van der Waals surface area contributed by atoms with Crippen LogP contribution in [-0.4, -0.2) is 15.2 Å². The van der Waals surface area contributed by atoms with Crippen LogP contribution in [0.4, 0.5) is 0 Å². The second-order valence-electron chi connectivity index (χ2n) is 10.2. The lowest BCUT2D eigenvalue weighted by atomic mass is 10.0. The summed E-state index contributed by atoms with van der Waals surface area (Å²) in [5.74, 6) is 0.995. The summed E-state index contributed by atoms with van der Waals surface area (Å²) >= 11 is 0. The first-order chi connectivity index (χ1) is 16.0. The lowest BCUT2D eigenvalue weighted by molar-refractivity contribution is 0.230. The van der Waals surface area contributed by atoms with Crippen molar-refractivity contribution in [3.63, 3.8) is 0 Å². The molecule has 2 nitrogen and oxygen atoms in total. The number of hydrogen-bond donors (Lipinski definition) is 0. The second-order valence-corrected chi connectivity index (χ2v) is 13.9. The van der Waals surface area contributed by atoms with Crippen LogP contribution in [0.5, 0.6) is 5.75 Å². The van der Waals surface area contributed by atoms with Gasteiger partial charge in [-0.2, -0.15) is 0 Å². The van der Waals surface area contributed by atoms with Crippen molar-refractivity contribution in [2.45, 2.75) is 149 Å². The Morgan fingerprint density at radius 2 is 0.939 bits per heavy atom. The van der Waals surface area contributed by atoms with Gasteiger partial charge >= 0.3 is 8.56 Å². The molecule has 0 aliphatic rings. The van der Waals surface area contributed by atoms with Crippen LogP contribution in [-0.2, 0) is 4.43 Å². The summed E-state index contributed by atoms with van der Waals surface area (Å²) < 4.78 is 13.0. The minimum Gasteiger partial charge on any atom is -0.520 e. The minimum atomic E-state index is -2.14. The molecule has 0 aromatic heterocycles. The molecule has 1 rings (SSSR count). The van der Waals surface area contributed by atoms with Crippen LogP contribution in [0.3, 0.4) is 0 Å². The van der Waals surface area contributed by atoms with Gasteiger partial charge in [0.25, 0.3) is 0 Å². The first kappa shape index (κ1) is 30.2. The van der Waals surface area contributed by atoms with Crippen molar-refractivity contribution < 1.29 is 8.85 Å². The smallest absolute Gasteiger partial charge is 0.398 e. The van der Waals surface area contributed by atoms with Crippen molar-refractivity contribution in [2.75, 3.05) is 6.61 Å². The molecule has 0 saturated carbocycles. The lowest BCUT2D eigenvalue weighted by Gasteiger charge is -2.29. The summed E-state index contributed by atoms with van der Waals surface area (Å²) in [6.45, 7) is 11.9. The van der Waals surface area contributed by atoms with Crippen LogP contribution in [0.1, 0.15) is 135 Å². The zero-order chi connectivity index (χ0) is 24.2. The number of aryl methyl sites for hydroxylation is 2. The van der Waals surface area contributed by atoms with E-state index in [0.29, 0.717) is 0 Å². The van der Waals surface area contributed by atoms with Gasteiger partial charge < -0.3 is 8.85 Å². The van der Waals surface area contributed by atoms with Gasteiger partial charge in [-0.05, 0) is 55.6 Å². The Labute approximate surface area is 208 Å². The number of rotatable bonds is 22. The van der Waals surface area contributed by atoms with Crippen molar-refractivity contribution in [1.29, 1.82) is 0 Å². The van der Waals surface area contributed by atoms with Gasteiger partial charge in [0.2, 0.25) is 0 Å². The Bertz CT molecular complexity index is 562. The maximum atomic E-state index is 6.51. The molecule has 0 radical (unpaired) electrons. The third-order valence-corrected chi connectivity index (χ3v) is 10.4. The fourth-order valence-electron chi connectivity index (χ4n) is 4.74. The van der Waals surface area contributed by atoms with Crippen LogP contribution in [0.2, 0.25) is 12.1 Å². The highest BCUT2D eigenvalue weighted by Gasteiger charge is 2.35. The summed E-state index contributed by atoms with van der Waals surface area (Å²) in [6, 6.07) is 8.52. The summed E-state index contributed by atoms with van der Waals surface area (Å²) in [4.78, 5) is 0. The van der Waals surface area contributed by atoms with Crippen molar-refractivity contribution in [3.05, 3.63) is 29.3 Å². The summed E-state index contributed by atoms with van der Waals surface area (Å²) in [5, 5.41) is 0. The zero-order valence-corrected chi connectivity index (χ0v) is 24.0. The topological polar surface area (TPSA) is 18.5 Å². The number of benzene rings is 1. The van der Waals surface area contributed by atoms with E-state index in [-0.39, 0.29) is 0 Å². The van der Waals surface area contributed by atoms with E-state index >= 15 is 0 Å². The molecule has 0 fully saturated rings. The van der Waals surface area contributed by atoms with Crippen LogP contribution in [0, 0.1) is 13.8 Å². The first-order valence-corrected chi connectivity index (χ1v) is 16.7. The maximum absolute atomic E-state index is 6.51. The van der Waals surface area contributed by atoms with Crippen molar-refractivity contribution >= 4 is 8.56 Å². The van der Waals surface area contributed by atoms with Gasteiger partial charge in [0, 0.05) is 6.61 Å². The Kier molecular flexibility index (Phi) is 17.9. The molecule has 0 heterocycles. The molecule has 33 heavy (non-hydrogen) atoms. The number of hydrogen-bond acceptors (Lipinski definition) is 2. The molecule has 0 saturated heterocycles. The minimum absolute atomic E-state index is 0.858. The molecule has 3 heteroatoms. The zero-order valence-electron chi connectivity index (χ0n) is 23.0. The Morgan fingerprint density at radius 3 is 1.33 bits per heavy atom. The molecule has 192 valence electrons.